The van der Waals surface area contributed by atoms with Gasteiger partial charge in [-0.05, 0) is 62.5 Å². The number of fused-ring (bicyclic) bond motifs is 1. The molecule has 2 N–H and O–H groups in total. The van der Waals surface area contributed by atoms with E-state index >= 15 is 0 Å². The second-order valence-electron chi connectivity index (χ2n) is 5.76. The van der Waals surface area contributed by atoms with E-state index in [1.807, 2.05) is 25.1 Å². The third-order valence-corrected chi connectivity index (χ3v) is 5.49. The summed E-state index contributed by atoms with van der Waals surface area (Å²) in [5.41, 5.74) is 2.69. The third-order valence-electron chi connectivity index (χ3n) is 4.03. The average Bonchev–Trinajstić information content (AvgIpc) is 2.99. The topological polar surface area (TPSA) is 63.2 Å². The number of thiocarbonyl (C=S) groups is 1. The Hall–Kier alpha value is -1.99. The van der Waals surface area contributed by atoms with Crippen LogP contribution in [-0.4, -0.2) is 22.7 Å². The van der Waals surface area contributed by atoms with Gasteiger partial charge in [-0.1, -0.05) is 6.07 Å². The number of rotatable bonds is 5. The Balaban J connectivity index is 1.73. The quantitative estimate of drug-likeness (QED) is 0.614. The number of hydrogen-bond acceptors (Lipinski definition) is 5. The predicted octanol–water partition coefficient (Wildman–Crippen LogP) is 3.69. The number of carbonyl (C=O) groups excluding carboxylic acids is 1. The molecule has 25 heavy (non-hydrogen) atoms. The number of thiophene rings is 1. The molecular formula is C18H21N3O2S2. The number of esters is 1. The molecule has 2 aromatic heterocycles. The van der Waals surface area contributed by atoms with Crippen LogP contribution in [-0.2, 0) is 24.1 Å². The summed E-state index contributed by atoms with van der Waals surface area (Å²) < 4.78 is 5.26. The van der Waals surface area contributed by atoms with Crippen molar-refractivity contribution in [3.63, 3.8) is 0 Å². The first kappa shape index (κ1) is 17.8. The van der Waals surface area contributed by atoms with Crippen molar-refractivity contribution in [2.24, 2.45) is 0 Å². The lowest BCUT2D eigenvalue weighted by Gasteiger charge is -2.13. The molecule has 0 radical (unpaired) electrons. The van der Waals surface area contributed by atoms with E-state index in [9.17, 15) is 4.79 Å². The lowest BCUT2D eigenvalue weighted by molar-refractivity contribution is 0.0526. The molecule has 3 rings (SSSR count). The number of carbonyl (C=O) groups is 1. The Morgan fingerprint density at radius 2 is 2.20 bits per heavy atom. The van der Waals surface area contributed by atoms with Gasteiger partial charge in [-0.2, -0.15) is 0 Å². The van der Waals surface area contributed by atoms with E-state index in [1.54, 1.807) is 17.5 Å². The van der Waals surface area contributed by atoms with Crippen molar-refractivity contribution in [1.82, 2.24) is 10.3 Å². The van der Waals surface area contributed by atoms with Gasteiger partial charge in [-0.3, -0.25) is 4.98 Å². The van der Waals surface area contributed by atoms with Crippen LogP contribution >= 0.6 is 23.6 Å². The zero-order chi connectivity index (χ0) is 17.6. The smallest absolute Gasteiger partial charge is 0.341 e. The summed E-state index contributed by atoms with van der Waals surface area (Å²) in [5.74, 6) is -0.267. The van der Waals surface area contributed by atoms with Crippen LogP contribution in [0.1, 0.15) is 46.3 Å². The summed E-state index contributed by atoms with van der Waals surface area (Å²) in [6.07, 6.45) is 5.97. The van der Waals surface area contributed by atoms with Crippen LogP contribution in [0.15, 0.2) is 24.4 Å². The number of pyridine rings is 1. The molecule has 0 atom stereocenters. The van der Waals surface area contributed by atoms with Gasteiger partial charge in [0.05, 0.1) is 24.4 Å². The molecule has 0 saturated heterocycles. The minimum Gasteiger partial charge on any atom is -0.462 e. The molecule has 0 spiro atoms. The molecule has 0 bridgehead atoms. The maximum absolute atomic E-state index is 12.4. The van der Waals surface area contributed by atoms with Gasteiger partial charge in [0.25, 0.3) is 0 Å². The highest BCUT2D eigenvalue weighted by atomic mass is 32.1. The van der Waals surface area contributed by atoms with Crippen molar-refractivity contribution in [2.45, 2.75) is 39.2 Å². The maximum atomic E-state index is 12.4. The first-order valence-corrected chi connectivity index (χ1v) is 9.68. The molecule has 2 aromatic rings. The summed E-state index contributed by atoms with van der Waals surface area (Å²) >= 11 is 7.00. The number of nitrogens with one attached hydrogen (secondary N) is 2. The number of hydrogen-bond donors (Lipinski definition) is 2. The largest absolute Gasteiger partial charge is 0.462 e. The second kappa shape index (κ2) is 8.40. The van der Waals surface area contributed by atoms with E-state index in [4.69, 9.17) is 17.0 Å². The lowest BCUT2D eigenvalue weighted by Crippen LogP contribution is -2.28. The molecule has 7 heteroatoms. The standard InChI is InChI=1S/C18H21N3O2S2/c1-2-23-17(22)15-13-8-3-4-9-14(13)25-16(15)21-18(24)20-11-12-7-5-6-10-19-12/h5-7,10H,2-4,8-9,11H2,1H3,(H2,20,21,24). The second-order valence-corrected chi connectivity index (χ2v) is 7.28. The normalized spacial score (nSPS) is 13.0. The first-order chi connectivity index (χ1) is 12.2. The third kappa shape index (κ3) is 4.35. The zero-order valence-electron chi connectivity index (χ0n) is 14.1. The fourth-order valence-electron chi connectivity index (χ4n) is 2.89. The van der Waals surface area contributed by atoms with E-state index in [0.717, 1.165) is 41.9 Å². The molecular weight excluding hydrogens is 354 g/mol. The average molecular weight is 376 g/mol. The Kier molecular flexibility index (Phi) is 5.99. The van der Waals surface area contributed by atoms with Crippen molar-refractivity contribution in [3.05, 3.63) is 46.1 Å². The molecule has 5 nitrogen and oxygen atoms in total. The minimum atomic E-state index is -0.267. The Morgan fingerprint density at radius 3 is 2.96 bits per heavy atom. The van der Waals surface area contributed by atoms with Gasteiger partial charge in [0, 0.05) is 11.1 Å². The monoisotopic (exact) mass is 375 g/mol. The van der Waals surface area contributed by atoms with E-state index in [2.05, 4.69) is 15.6 Å². The fourth-order valence-corrected chi connectivity index (χ4v) is 4.41. The number of ether oxygens (including phenoxy) is 1. The van der Waals surface area contributed by atoms with Gasteiger partial charge >= 0.3 is 5.97 Å². The molecule has 0 unspecified atom stereocenters. The van der Waals surface area contributed by atoms with Gasteiger partial charge in [0.15, 0.2) is 5.11 Å². The van der Waals surface area contributed by atoms with E-state index in [1.165, 1.54) is 4.88 Å². The van der Waals surface area contributed by atoms with Gasteiger partial charge < -0.3 is 15.4 Å². The van der Waals surface area contributed by atoms with E-state index < -0.39 is 0 Å². The van der Waals surface area contributed by atoms with Crippen LogP contribution in [0.5, 0.6) is 0 Å². The van der Waals surface area contributed by atoms with Gasteiger partial charge in [-0.25, -0.2) is 4.79 Å². The van der Waals surface area contributed by atoms with Crippen molar-refractivity contribution < 1.29 is 9.53 Å². The predicted molar refractivity (Wildman–Crippen MR) is 104 cm³/mol. The molecule has 0 aliphatic heterocycles. The summed E-state index contributed by atoms with van der Waals surface area (Å²) in [5, 5.41) is 7.59. The van der Waals surface area contributed by atoms with Crippen molar-refractivity contribution >= 4 is 39.6 Å². The molecule has 132 valence electrons. The van der Waals surface area contributed by atoms with Gasteiger partial charge in [0.1, 0.15) is 5.00 Å². The zero-order valence-corrected chi connectivity index (χ0v) is 15.8. The number of anilines is 1. The van der Waals surface area contributed by atoms with Crippen LogP contribution < -0.4 is 10.6 Å². The Morgan fingerprint density at radius 1 is 1.36 bits per heavy atom. The Labute approximate surface area is 156 Å². The summed E-state index contributed by atoms with van der Waals surface area (Å²) in [6.45, 7) is 2.72. The highest BCUT2D eigenvalue weighted by Crippen LogP contribution is 2.38. The molecule has 1 aliphatic carbocycles. The van der Waals surface area contributed by atoms with Crippen molar-refractivity contribution in [3.8, 4) is 0 Å². The number of aryl methyl sites for hydroxylation is 1. The summed E-state index contributed by atoms with van der Waals surface area (Å²) in [6, 6.07) is 5.75. The highest BCUT2D eigenvalue weighted by molar-refractivity contribution is 7.80. The molecule has 2 heterocycles. The van der Waals surface area contributed by atoms with Crippen LogP contribution in [0.3, 0.4) is 0 Å². The lowest BCUT2D eigenvalue weighted by atomic mass is 9.95. The van der Waals surface area contributed by atoms with Crippen LogP contribution in [0.4, 0.5) is 5.00 Å². The first-order valence-electron chi connectivity index (χ1n) is 8.45. The fraction of sp³-hybridized carbons (Fsp3) is 0.389. The van der Waals surface area contributed by atoms with Crippen LogP contribution in [0.2, 0.25) is 0 Å². The molecule has 1 aliphatic rings. The SMILES string of the molecule is CCOC(=O)c1c(NC(=S)NCc2ccccn2)sc2c1CCCC2. The number of nitrogens with zero attached hydrogens (tertiary/aromatic N) is 1. The maximum Gasteiger partial charge on any atom is 0.341 e. The van der Waals surface area contributed by atoms with Gasteiger partial charge in [-0.15, -0.1) is 11.3 Å². The summed E-state index contributed by atoms with van der Waals surface area (Å²) in [4.78, 5) is 18.0. The highest BCUT2D eigenvalue weighted by Gasteiger charge is 2.26. The molecule has 0 saturated carbocycles. The molecule has 0 fully saturated rings. The van der Waals surface area contributed by atoms with Crippen LogP contribution in [0.25, 0.3) is 0 Å². The Bertz CT molecular complexity index is 759. The summed E-state index contributed by atoms with van der Waals surface area (Å²) in [7, 11) is 0. The van der Waals surface area contributed by atoms with Crippen LogP contribution in [0, 0.1) is 0 Å². The minimum absolute atomic E-state index is 0.267. The van der Waals surface area contributed by atoms with Gasteiger partial charge in [0.2, 0.25) is 0 Å². The molecule has 0 aromatic carbocycles. The van der Waals surface area contributed by atoms with Crippen molar-refractivity contribution in [1.29, 1.82) is 0 Å². The van der Waals surface area contributed by atoms with E-state index in [-0.39, 0.29) is 5.97 Å². The number of aromatic nitrogens is 1. The molecule has 0 amide bonds. The van der Waals surface area contributed by atoms with Crippen molar-refractivity contribution in [2.75, 3.05) is 11.9 Å². The van der Waals surface area contributed by atoms with E-state index in [0.29, 0.717) is 23.8 Å².